The topological polar surface area (TPSA) is 53.3 Å². The number of halogens is 1. The molecule has 0 bridgehead atoms. The van der Waals surface area contributed by atoms with Gasteiger partial charge in [0.15, 0.2) is 11.6 Å². The number of rotatable bonds is 7. The molecular weight excluding hydrogens is 347 g/mol. The Labute approximate surface area is 156 Å². The number of carbonyl (C=O) groups is 1. The highest BCUT2D eigenvalue weighted by Gasteiger charge is 2.09. The van der Waals surface area contributed by atoms with E-state index in [0.717, 1.165) is 11.1 Å². The van der Waals surface area contributed by atoms with Gasteiger partial charge >= 0.3 is 0 Å². The number of allylic oxidation sites excluding steroid dienone is 1. The second-order valence-corrected chi connectivity index (χ2v) is 5.83. The zero-order valence-corrected chi connectivity index (χ0v) is 15.1. The normalized spacial score (nSPS) is 10.9. The number of aryl methyl sites for hydroxylation is 1. The van der Waals surface area contributed by atoms with Gasteiger partial charge in [-0.2, -0.15) is 5.10 Å². The number of aromatic nitrogens is 2. The molecule has 0 spiro atoms. The SMILES string of the molecule is COc1ccc(/C=C/C(=O)c2ccnn2C)cc1COc1ccccc1F. The lowest BCUT2D eigenvalue weighted by Gasteiger charge is -2.11. The smallest absolute Gasteiger partial charge is 0.203 e. The van der Waals surface area contributed by atoms with Crippen LogP contribution in [-0.2, 0) is 13.7 Å². The van der Waals surface area contributed by atoms with E-state index in [0.29, 0.717) is 11.4 Å². The number of methoxy groups -OCH3 is 1. The van der Waals surface area contributed by atoms with Gasteiger partial charge in [0.1, 0.15) is 18.1 Å². The zero-order chi connectivity index (χ0) is 19.2. The molecule has 0 aliphatic heterocycles. The van der Waals surface area contributed by atoms with E-state index < -0.39 is 5.82 Å². The summed E-state index contributed by atoms with van der Waals surface area (Å²) in [5.41, 5.74) is 2.05. The summed E-state index contributed by atoms with van der Waals surface area (Å²) in [6, 6.07) is 13.3. The Balaban J connectivity index is 1.77. The number of nitrogens with zero attached hydrogens (tertiary/aromatic N) is 2. The second kappa shape index (κ2) is 8.31. The van der Waals surface area contributed by atoms with Crippen LogP contribution in [0, 0.1) is 5.82 Å². The molecule has 27 heavy (non-hydrogen) atoms. The number of hydrogen-bond donors (Lipinski definition) is 0. The molecule has 3 aromatic rings. The maximum Gasteiger partial charge on any atom is 0.203 e. The van der Waals surface area contributed by atoms with E-state index >= 15 is 0 Å². The van der Waals surface area contributed by atoms with Gasteiger partial charge in [0.25, 0.3) is 0 Å². The molecule has 5 nitrogen and oxygen atoms in total. The Bertz CT molecular complexity index is 979. The minimum Gasteiger partial charge on any atom is -0.496 e. The number of ketones is 1. The minimum atomic E-state index is -0.422. The van der Waals surface area contributed by atoms with Crippen molar-refractivity contribution in [3.05, 3.63) is 83.4 Å². The van der Waals surface area contributed by atoms with Crippen LogP contribution in [-0.4, -0.2) is 22.7 Å². The van der Waals surface area contributed by atoms with Crippen molar-refractivity contribution in [2.45, 2.75) is 6.61 Å². The Kier molecular flexibility index (Phi) is 5.66. The molecular formula is C21H19FN2O3. The van der Waals surface area contributed by atoms with Gasteiger partial charge in [0.05, 0.1) is 7.11 Å². The zero-order valence-electron chi connectivity index (χ0n) is 15.1. The third-order valence-corrected chi connectivity index (χ3v) is 4.02. The van der Waals surface area contributed by atoms with Crippen molar-refractivity contribution in [2.24, 2.45) is 7.05 Å². The fraction of sp³-hybridized carbons (Fsp3) is 0.143. The van der Waals surface area contributed by atoms with Crippen LogP contribution < -0.4 is 9.47 Å². The summed E-state index contributed by atoms with van der Waals surface area (Å²) in [6.45, 7) is 0.140. The van der Waals surface area contributed by atoms with E-state index in [1.807, 2.05) is 12.1 Å². The fourth-order valence-corrected chi connectivity index (χ4v) is 2.61. The van der Waals surface area contributed by atoms with Gasteiger partial charge in [-0.15, -0.1) is 0 Å². The minimum absolute atomic E-state index is 0.140. The van der Waals surface area contributed by atoms with E-state index in [4.69, 9.17) is 9.47 Å². The summed E-state index contributed by atoms with van der Waals surface area (Å²) in [7, 11) is 3.27. The van der Waals surface area contributed by atoms with Crippen LogP contribution in [0.3, 0.4) is 0 Å². The van der Waals surface area contributed by atoms with Gasteiger partial charge in [-0.25, -0.2) is 4.39 Å². The first-order valence-electron chi connectivity index (χ1n) is 8.33. The van der Waals surface area contributed by atoms with Crippen LogP contribution in [0.1, 0.15) is 21.6 Å². The van der Waals surface area contributed by atoms with Gasteiger partial charge in [-0.3, -0.25) is 9.48 Å². The van der Waals surface area contributed by atoms with Gasteiger partial charge in [-0.1, -0.05) is 24.3 Å². The summed E-state index contributed by atoms with van der Waals surface area (Å²) in [6.07, 6.45) is 4.77. The Morgan fingerprint density at radius 3 is 2.70 bits per heavy atom. The number of para-hydroxylation sites is 1. The lowest BCUT2D eigenvalue weighted by atomic mass is 10.1. The molecule has 0 aliphatic carbocycles. The molecule has 0 atom stereocenters. The van der Waals surface area contributed by atoms with Crippen molar-refractivity contribution in [3.8, 4) is 11.5 Å². The van der Waals surface area contributed by atoms with Crippen LogP contribution >= 0.6 is 0 Å². The first-order valence-corrected chi connectivity index (χ1v) is 8.33. The van der Waals surface area contributed by atoms with E-state index in [-0.39, 0.29) is 18.1 Å². The summed E-state index contributed by atoms with van der Waals surface area (Å²) in [5.74, 6) is 0.234. The maximum absolute atomic E-state index is 13.7. The molecule has 0 unspecified atom stereocenters. The van der Waals surface area contributed by atoms with Crippen LogP contribution in [0.2, 0.25) is 0 Å². The summed E-state index contributed by atoms with van der Waals surface area (Å²) in [4.78, 5) is 12.2. The van der Waals surface area contributed by atoms with Crippen molar-refractivity contribution >= 4 is 11.9 Å². The fourth-order valence-electron chi connectivity index (χ4n) is 2.61. The Morgan fingerprint density at radius 2 is 2.00 bits per heavy atom. The number of hydrogen-bond acceptors (Lipinski definition) is 4. The Hall–Kier alpha value is -3.41. The predicted molar refractivity (Wildman–Crippen MR) is 100 cm³/mol. The number of benzene rings is 2. The summed E-state index contributed by atoms with van der Waals surface area (Å²) in [5, 5.41) is 3.99. The molecule has 0 N–H and O–H groups in total. The third kappa shape index (κ3) is 4.41. The highest BCUT2D eigenvalue weighted by molar-refractivity contribution is 6.05. The highest BCUT2D eigenvalue weighted by atomic mass is 19.1. The molecule has 138 valence electrons. The monoisotopic (exact) mass is 366 g/mol. The molecule has 1 aromatic heterocycles. The maximum atomic E-state index is 13.7. The third-order valence-electron chi connectivity index (χ3n) is 4.02. The number of carbonyl (C=O) groups excluding carboxylic acids is 1. The quantitative estimate of drug-likeness (QED) is 0.468. The predicted octanol–water partition coefficient (Wildman–Crippen LogP) is 4.04. The number of ether oxygens (including phenoxy) is 2. The van der Waals surface area contributed by atoms with Gasteiger partial charge in [0, 0.05) is 18.8 Å². The van der Waals surface area contributed by atoms with Crippen molar-refractivity contribution in [1.29, 1.82) is 0 Å². The average molecular weight is 366 g/mol. The van der Waals surface area contributed by atoms with Crippen molar-refractivity contribution in [1.82, 2.24) is 9.78 Å². The van der Waals surface area contributed by atoms with Crippen molar-refractivity contribution < 1.29 is 18.7 Å². The first kappa shape index (κ1) is 18.4. The largest absolute Gasteiger partial charge is 0.496 e. The van der Waals surface area contributed by atoms with Gasteiger partial charge < -0.3 is 9.47 Å². The van der Waals surface area contributed by atoms with E-state index in [9.17, 15) is 9.18 Å². The lowest BCUT2D eigenvalue weighted by Crippen LogP contribution is -2.04. The average Bonchev–Trinajstić information content (AvgIpc) is 3.11. The molecule has 0 fully saturated rings. The van der Waals surface area contributed by atoms with Crippen LogP contribution in [0.4, 0.5) is 4.39 Å². The molecule has 1 heterocycles. The molecule has 0 aliphatic rings. The lowest BCUT2D eigenvalue weighted by molar-refractivity contribution is 0.103. The summed E-state index contributed by atoms with van der Waals surface area (Å²) >= 11 is 0. The van der Waals surface area contributed by atoms with E-state index in [1.54, 1.807) is 56.8 Å². The molecule has 0 amide bonds. The van der Waals surface area contributed by atoms with Crippen LogP contribution in [0.5, 0.6) is 11.5 Å². The van der Waals surface area contributed by atoms with E-state index in [1.165, 1.54) is 16.8 Å². The van der Waals surface area contributed by atoms with E-state index in [2.05, 4.69) is 5.10 Å². The standard InChI is InChI=1S/C21H19FN2O3/c1-24-18(11-12-23-24)19(25)9-7-15-8-10-20(26-2)16(13-15)14-27-21-6-4-3-5-17(21)22/h3-13H,14H2,1-2H3/b9-7+. The molecule has 0 radical (unpaired) electrons. The molecule has 2 aromatic carbocycles. The van der Waals surface area contributed by atoms with Gasteiger partial charge in [0.2, 0.25) is 5.78 Å². The first-order chi connectivity index (χ1) is 13.1. The molecule has 6 heteroatoms. The van der Waals surface area contributed by atoms with Crippen molar-refractivity contribution in [2.75, 3.05) is 7.11 Å². The van der Waals surface area contributed by atoms with Gasteiger partial charge in [-0.05, 0) is 42.0 Å². The Morgan fingerprint density at radius 1 is 1.19 bits per heavy atom. The molecule has 3 rings (SSSR count). The van der Waals surface area contributed by atoms with Crippen LogP contribution in [0.25, 0.3) is 6.08 Å². The second-order valence-electron chi connectivity index (χ2n) is 5.83. The van der Waals surface area contributed by atoms with Crippen LogP contribution in [0.15, 0.2) is 60.8 Å². The molecule has 0 saturated heterocycles. The summed E-state index contributed by atoms with van der Waals surface area (Å²) < 4.78 is 26.1. The van der Waals surface area contributed by atoms with Crippen molar-refractivity contribution in [3.63, 3.8) is 0 Å². The molecule has 0 saturated carbocycles. The highest BCUT2D eigenvalue weighted by Crippen LogP contribution is 2.24.